The first-order valence-corrected chi connectivity index (χ1v) is 20.4. The van der Waals surface area contributed by atoms with Crippen LogP contribution < -0.4 is 0 Å². The summed E-state index contributed by atoms with van der Waals surface area (Å²) in [5, 5.41) is 22.2. The number of aliphatic hydroxyl groups is 1. The molecule has 6 saturated carbocycles. The van der Waals surface area contributed by atoms with E-state index >= 15 is 0 Å². The minimum Gasteiger partial charge on any atom is -0.480 e. The Balaban J connectivity index is 0.989. The van der Waals surface area contributed by atoms with Crippen molar-refractivity contribution in [3.63, 3.8) is 0 Å². The first-order chi connectivity index (χ1) is 24.0. The number of aliphatic carboxylic acids is 1. The molecule has 0 aromatic heterocycles. The second-order valence-corrected chi connectivity index (χ2v) is 19.7. The Kier molecular flexibility index (Phi) is 8.62. The quantitative estimate of drug-likeness (QED) is 0.339. The molecule has 10 heteroatoms. The third-order valence-corrected chi connectivity index (χ3v) is 17.3. The molecule has 0 bridgehead atoms. The average molecular weight is 713 g/mol. The largest absolute Gasteiger partial charge is 0.480 e. The summed E-state index contributed by atoms with van der Waals surface area (Å²) in [6, 6.07) is -0.929. The zero-order chi connectivity index (χ0) is 36.5. The number of fused-ring (bicyclic) bond motifs is 4. The molecule has 51 heavy (non-hydrogen) atoms. The summed E-state index contributed by atoms with van der Waals surface area (Å²) in [6.45, 7) is 16.9. The summed E-state index contributed by atoms with van der Waals surface area (Å²) in [5.74, 6) is 0.998. The number of carbonyl (C=O) groups excluding carboxylic acids is 2. The predicted octanol–water partition coefficient (Wildman–Crippen LogP) is 5.49. The highest BCUT2D eigenvalue weighted by Gasteiger charge is 2.84. The van der Waals surface area contributed by atoms with Crippen molar-refractivity contribution in [2.45, 2.75) is 156 Å². The Hall–Kier alpha value is -1.75. The van der Waals surface area contributed by atoms with E-state index in [-0.39, 0.29) is 81.9 Å². The number of aliphatic hydroxyl groups excluding tert-OH is 1. The fourth-order valence-electron chi connectivity index (χ4n) is 14.5. The van der Waals surface area contributed by atoms with Crippen LogP contribution in [0.1, 0.15) is 119 Å². The van der Waals surface area contributed by atoms with E-state index in [0.29, 0.717) is 43.9 Å². The molecular weight excluding hydrogens is 648 g/mol. The summed E-state index contributed by atoms with van der Waals surface area (Å²) in [6.07, 6.45) is 10.2. The number of nitrogens with zero attached hydrogens (tertiary/aromatic N) is 2. The molecule has 286 valence electrons. The molecule has 14 atom stereocenters. The maximum atomic E-state index is 12.9. The first-order valence-electron chi connectivity index (χ1n) is 20.4. The van der Waals surface area contributed by atoms with Gasteiger partial charge in [0.15, 0.2) is 6.29 Å². The van der Waals surface area contributed by atoms with Crippen molar-refractivity contribution in [3.8, 4) is 0 Å². The number of carboxylic acid groups (broad SMARTS) is 1. The zero-order valence-electron chi connectivity index (χ0n) is 32.2. The van der Waals surface area contributed by atoms with Gasteiger partial charge in [0.05, 0.1) is 37.6 Å². The van der Waals surface area contributed by atoms with Crippen LogP contribution in [0, 0.1) is 56.7 Å². The molecule has 2 saturated heterocycles. The summed E-state index contributed by atoms with van der Waals surface area (Å²) < 4.78 is 19.8. The molecule has 8 rings (SSSR count). The third kappa shape index (κ3) is 5.17. The highest BCUT2D eigenvalue weighted by Crippen LogP contribution is 2.89. The van der Waals surface area contributed by atoms with E-state index in [1.54, 1.807) is 6.92 Å². The predicted molar refractivity (Wildman–Crippen MR) is 189 cm³/mol. The van der Waals surface area contributed by atoms with Gasteiger partial charge in [0.1, 0.15) is 6.04 Å². The number of morpholine rings is 1. The van der Waals surface area contributed by atoms with E-state index in [1.807, 2.05) is 4.90 Å². The summed E-state index contributed by atoms with van der Waals surface area (Å²) >= 11 is 0. The molecule has 2 aliphatic heterocycles. The monoisotopic (exact) mass is 712 g/mol. The van der Waals surface area contributed by atoms with Crippen LogP contribution in [-0.4, -0.2) is 101 Å². The van der Waals surface area contributed by atoms with Crippen LogP contribution in [0.15, 0.2) is 0 Å². The third-order valence-electron chi connectivity index (χ3n) is 17.3. The minimum absolute atomic E-state index is 0.0269. The lowest BCUT2D eigenvalue weighted by atomic mass is 9.41. The van der Waals surface area contributed by atoms with Gasteiger partial charge in [-0.15, -0.1) is 0 Å². The maximum Gasteiger partial charge on any atom is 0.326 e. The van der Waals surface area contributed by atoms with E-state index in [4.69, 9.17) is 14.2 Å². The van der Waals surface area contributed by atoms with Gasteiger partial charge in [0.25, 0.3) is 0 Å². The Morgan fingerprint density at radius 1 is 1.00 bits per heavy atom. The molecule has 8 aliphatic rings. The van der Waals surface area contributed by atoms with E-state index in [0.717, 1.165) is 38.5 Å². The van der Waals surface area contributed by atoms with Gasteiger partial charge in [-0.05, 0) is 122 Å². The van der Waals surface area contributed by atoms with Crippen molar-refractivity contribution in [1.82, 2.24) is 9.80 Å². The Morgan fingerprint density at radius 2 is 1.71 bits per heavy atom. The van der Waals surface area contributed by atoms with Crippen molar-refractivity contribution < 1.29 is 38.8 Å². The molecule has 0 aromatic carbocycles. The molecular formula is C41H64N2O8. The maximum absolute atomic E-state index is 12.9. The minimum atomic E-state index is -1.02. The van der Waals surface area contributed by atoms with Gasteiger partial charge in [-0.1, -0.05) is 34.6 Å². The number of amides is 2. The van der Waals surface area contributed by atoms with Gasteiger partial charge < -0.3 is 34.2 Å². The Morgan fingerprint density at radius 3 is 2.39 bits per heavy atom. The summed E-state index contributed by atoms with van der Waals surface area (Å²) in [5.41, 5.74) is 0.0944. The smallest absolute Gasteiger partial charge is 0.326 e. The lowest BCUT2D eigenvalue weighted by molar-refractivity contribution is -0.248. The molecule has 0 radical (unpaired) electrons. The highest BCUT2D eigenvalue weighted by atomic mass is 16.7. The normalized spacial score (nSPS) is 48.6. The van der Waals surface area contributed by atoms with Crippen molar-refractivity contribution in [3.05, 3.63) is 0 Å². The van der Waals surface area contributed by atoms with E-state index in [1.165, 1.54) is 37.5 Å². The zero-order valence-corrected chi connectivity index (χ0v) is 32.2. The van der Waals surface area contributed by atoms with Crippen molar-refractivity contribution >= 4 is 17.8 Å². The number of carboxylic acids is 1. The number of hydrogen-bond acceptors (Lipinski definition) is 7. The molecule has 2 N–H and O–H groups in total. The molecule has 2 amide bonds. The van der Waals surface area contributed by atoms with Gasteiger partial charge in [0, 0.05) is 31.8 Å². The van der Waals surface area contributed by atoms with Gasteiger partial charge >= 0.3 is 5.97 Å². The lowest BCUT2D eigenvalue weighted by Crippen LogP contribution is -2.60. The Bertz CT molecular complexity index is 1430. The molecule has 6 aliphatic carbocycles. The van der Waals surface area contributed by atoms with E-state index in [9.17, 15) is 24.6 Å². The number of carbonyl (C=O) groups is 3. The fraction of sp³-hybridized carbons (Fsp3) is 0.927. The van der Waals surface area contributed by atoms with Crippen molar-refractivity contribution in [1.29, 1.82) is 0 Å². The topological polar surface area (TPSA) is 126 Å². The average Bonchev–Trinajstić information content (AvgIpc) is 4.00. The van der Waals surface area contributed by atoms with Crippen LogP contribution in [0.3, 0.4) is 0 Å². The van der Waals surface area contributed by atoms with E-state index in [2.05, 4.69) is 34.6 Å². The lowest BCUT2D eigenvalue weighted by Gasteiger charge is -2.64. The number of hydrogen-bond donors (Lipinski definition) is 2. The second kappa shape index (κ2) is 12.1. The number of rotatable bonds is 8. The number of ether oxygens (including phenoxy) is 3. The molecule has 2 spiro atoms. The highest BCUT2D eigenvalue weighted by molar-refractivity contribution is 5.82. The standard InChI is InChI=1S/C41H64N2O8/c1-23-18-27(20-43(25(3)44)24(2)36(47)48)50-34-33(23)38(6)14-15-41-22-40(41)13-12-30(37(4,5)28(40)10-11-29(41)39(38,7)35(34)46)51-32-21-42(16-17-49-32)31(45)19-26-8-9-26/h23-24,26-30,32-35,46H,8-22H2,1-7H3,(H,47,48)/t23-,24-,27-,28+,29+,30+,32+,33+,34+,35+,38-,39-,40-,41+/m1/s1. The molecule has 2 heterocycles. The molecule has 8 fully saturated rings. The van der Waals surface area contributed by atoms with Crippen molar-refractivity contribution in [2.24, 2.45) is 56.7 Å². The van der Waals surface area contributed by atoms with Crippen LogP contribution in [0.5, 0.6) is 0 Å². The molecule has 0 aromatic rings. The summed E-state index contributed by atoms with van der Waals surface area (Å²) in [4.78, 5) is 40.6. The van der Waals surface area contributed by atoms with Crippen molar-refractivity contribution in [2.75, 3.05) is 26.2 Å². The Labute approximate surface area is 304 Å². The molecule has 0 unspecified atom stereocenters. The summed E-state index contributed by atoms with van der Waals surface area (Å²) in [7, 11) is 0. The first kappa shape index (κ1) is 36.2. The molecule has 10 nitrogen and oxygen atoms in total. The van der Waals surface area contributed by atoms with E-state index < -0.39 is 18.1 Å². The SMILES string of the molecule is CC(=O)N(C[C@H]1C[C@@H](C)[C@H]2[C@H](O1)[C@H](O)[C@@]1(C)[C@@H]3CC[C@H]4C(C)(C)[C@@H](O[C@H]5CN(C(=O)CC6CC6)CCO5)CC[C@@]45C[C@@]35CC[C@]21C)[C@H](C)C(=O)O. The van der Waals surface area contributed by atoms with Gasteiger partial charge in [-0.25, -0.2) is 4.79 Å². The van der Waals surface area contributed by atoms with Crippen LogP contribution in [0.2, 0.25) is 0 Å². The van der Waals surface area contributed by atoms with Gasteiger partial charge in [-0.3, -0.25) is 9.59 Å². The second-order valence-electron chi connectivity index (χ2n) is 19.7. The fourth-order valence-corrected chi connectivity index (χ4v) is 14.5. The van der Waals surface area contributed by atoms with Crippen LogP contribution in [0.25, 0.3) is 0 Å². The van der Waals surface area contributed by atoms with Gasteiger partial charge in [-0.2, -0.15) is 0 Å². The van der Waals surface area contributed by atoms with Gasteiger partial charge in [0.2, 0.25) is 11.8 Å². The van der Waals surface area contributed by atoms with Crippen LogP contribution in [0.4, 0.5) is 0 Å². The van der Waals surface area contributed by atoms with Crippen LogP contribution in [-0.2, 0) is 28.6 Å². The van der Waals surface area contributed by atoms with Crippen LogP contribution >= 0.6 is 0 Å².